The van der Waals surface area contributed by atoms with Gasteiger partial charge in [0.05, 0.1) is 0 Å². The molecule has 0 saturated heterocycles. The van der Waals surface area contributed by atoms with Crippen LogP contribution in [0, 0.1) is 11.6 Å². The average molecular weight is 299 g/mol. The summed E-state index contributed by atoms with van der Waals surface area (Å²) in [6.45, 7) is 0. The largest absolute Gasteiger partial charge is 0.207 e. The molecule has 0 amide bonds. The number of benzene rings is 2. The van der Waals surface area contributed by atoms with Gasteiger partial charge >= 0.3 is 0 Å². The summed E-state index contributed by atoms with van der Waals surface area (Å²) in [5.41, 5.74) is 1.51. The van der Waals surface area contributed by atoms with Crippen molar-refractivity contribution in [3.63, 3.8) is 0 Å². The van der Waals surface area contributed by atoms with E-state index in [4.69, 9.17) is 23.2 Å². The lowest BCUT2D eigenvalue weighted by molar-refractivity contribution is 0.597. The van der Waals surface area contributed by atoms with Crippen LogP contribution in [-0.4, -0.2) is 5.88 Å². The van der Waals surface area contributed by atoms with Gasteiger partial charge in [0.1, 0.15) is 11.6 Å². The van der Waals surface area contributed by atoms with Crippen LogP contribution in [0.15, 0.2) is 42.5 Å². The van der Waals surface area contributed by atoms with E-state index in [-0.39, 0.29) is 11.4 Å². The third-order valence-corrected chi connectivity index (χ3v) is 3.17. The van der Waals surface area contributed by atoms with E-state index in [1.165, 1.54) is 0 Å². The highest BCUT2D eigenvalue weighted by atomic mass is 35.5. The SMILES string of the molecule is Fc1ccc(F)c(C(=Cc2ccc(Cl)cc2)CCl)c1. The predicted octanol–water partition coefficient (Wildman–Crippen LogP) is 5.40. The molecule has 4 heteroatoms. The Bertz CT molecular complexity index is 604. The van der Waals surface area contributed by atoms with Crippen molar-refractivity contribution in [2.24, 2.45) is 0 Å². The Balaban J connectivity index is 2.44. The lowest BCUT2D eigenvalue weighted by Gasteiger charge is -2.06. The van der Waals surface area contributed by atoms with Crippen LogP contribution in [0.3, 0.4) is 0 Å². The standard InChI is InChI=1S/C15H10Cl2F2/c16-9-11(7-10-1-3-12(17)4-2-10)14-8-13(18)5-6-15(14)19/h1-8H,9H2. The summed E-state index contributed by atoms with van der Waals surface area (Å²) in [6, 6.07) is 10.3. The summed E-state index contributed by atoms with van der Waals surface area (Å²) in [7, 11) is 0. The predicted molar refractivity (Wildman–Crippen MR) is 76.4 cm³/mol. The van der Waals surface area contributed by atoms with Gasteiger partial charge < -0.3 is 0 Å². The number of alkyl halides is 1. The summed E-state index contributed by atoms with van der Waals surface area (Å²) in [6.07, 6.45) is 1.71. The maximum absolute atomic E-state index is 13.7. The Hall–Kier alpha value is -1.38. The molecule has 2 aromatic carbocycles. The quantitative estimate of drug-likeness (QED) is 0.526. The fourth-order valence-corrected chi connectivity index (χ4v) is 2.04. The Labute approximate surface area is 120 Å². The molecule has 98 valence electrons. The van der Waals surface area contributed by atoms with E-state index in [1.54, 1.807) is 30.3 Å². The first-order chi connectivity index (χ1) is 9.10. The Morgan fingerprint density at radius 3 is 2.37 bits per heavy atom. The van der Waals surface area contributed by atoms with Gasteiger partial charge in [0, 0.05) is 16.5 Å². The lowest BCUT2D eigenvalue weighted by Crippen LogP contribution is -1.93. The molecule has 0 aliphatic carbocycles. The maximum atomic E-state index is 13.7. The van der Waals surface area contributed by atoms with Crippen molar-refractivity contribution in [1.82, 2.24) is 0 Å². The van der Waals surface area contributed by atoms with Gasteiger partial charge in [0.2, 0.25) is 0 Å². The van der Waals surface area contributed by atoms with Crippen molar-refractivity contribution in [3.05, 3.63) is 70.2 Å². The monoisotopic (exact) mass is 298 g/mol. The smallest absolute Gasteiger partial charge is 0.130 e. The molecule has 0 aliphatic rings. The molecule has 2 aromatic rings. The van der Waals surface area contributed by atoms with E-state index in [0.717, 1.165) is 23.8 Å². The molecule has 0 N–H and O–H groups in total. The summed E-state index contributed by atoms with van der Waals surface area (Å²) in [4.78, 5) is 0. The van der Waals surface area contributed by atoms with Crippen LogP contribution in [-0.2, 0) is 0 Å². The van der Waals surface area contributed by atoms with Crippen molar-refractivity contribution in [1.29, 1.82) is 0 Å². The molecule has 0 saturated carbocycles. The number of allylic oxidation sites excluding steroid dienone is 1. The fourth-order valence-electron chi connectivity index (χ4n) is 1.69. The second-order valence-corrected chi connectivity index (χ2v) is 4.68. The Morgan fingerprint density at radius 1 is 1.05 bits per heavy atom. The number of hydrogen-bond acceptors (Lipinski definition) is 0. The minimum atomic E-state index is -0.498. The second-order valence-electron chi connectivity index (χ2n) is 3.98. The van der Waals surface area contributed by atoms with Crippen LogP contribution >= 0.6 is 23.2 Å². The van der Waals surface area contributed by atoms with Crippen molar-refractivity contribution in [2.75, 3.05) is 5.88 Å². The van der Waals surface area contributed by atoms with Gasteiger partial charge in [0.15, 0.2) is 0 Å². The molecule has 0 fully saturated rings. The van der Waals surface area contributed by atoms with E-state index in [9.17, 15) is 8.78 Å². The zero-order chi connectivity index (χ0) is 13.8. The topological polar surface area (TPSA) is 0 Å². The van der Waals surface area contributed by atoms with E-state index in [1.807, 2.05) is 0 Å². The van der Waals surface area contributed by atoms with Crippen molar-refractivity contribution in [2.45, 2.75) is 0 Å². The van der Waals surface area contributed by atoms with Crippen LogP contribution in [0.2, 0.25) is 5.02 Å². The third kappa shape index (κ3) is 3.55. The molecule has 0 unspecified atom stereocenters. The highest BCUT2D eigenvalue weighted by Crippen LogP contribution is 2.24. The summed E-state index contributed by atoms with van der Waals surface area (Å²) in [5, 5.41) is 0.613. The molecule has 19 heavy (non-hydrogen) atoms. The molecule has 0 spiro atoms. The number of halogens is 4. The zero-order valence-electron chi connectivity index (χ0n) is 9.84. The van der Waals surface area contributed by atoms with Gasteiger partial charge in [-0.25, -0.2) is 8.78 Å². The molecule has 0 aromatic heterocycles. The van der Waals surface area contributed by atoms with Crippen LogP contribution in [0.1, 0.15) is 11.1 Å². The van der Waals surface area contributed by atoms with Crippen LogP contribution in [0.25, 0.3) is 11.6 Å². The molecule has 0 atom stereocenters. The van der Waals surface area contributed by atoms with Crippen molar-refractivity contribution >= 4 is 34.9 Å². The molecule has 0 radical (unpaired) electrons. The number of hydrogen-bond donors (Lipinski definition) is 0. The van der Waals surface area contributed by atoms with Gasteiger partial charge in [-0.3, -0.25) is 0 Å². The van der Waals surface area contributed by atoms with Crippen LogP contribution < -0.4 is 0 Å². The summed E-state index contributed by atoms with van der Waals surface area (Å²) >= 11 is 11.6. The first-order valence-corrected chi connectivity index (χ1v) is 6.49. The fraction of sp³-hybridized carbons (Fsp3) is 0.0667. The van der Waals surface area contributed by atoms with Gasteiger partial charge in [0.25, 0.3) is 0 Å². The Morgan fingerprint density at radius 2 is 1.74 bits per heavy atom. The molecule has 0 bridgehead atoms. The normalized spacial score (nSPS) is 11.7. The van der Waals surface area contributed by atoms with Gasteiger partial charge in [-0.1, -0.05) is 23.7 Å². The number of rotatable bonds is 3. The van der Waals surface area contributed by atoms with Gasteiger partial charge in [-0.15, -0.1) is 11.6 Å². The van der Waals surface area contributed by atoms with Gasteiger partial charge in [-0.2, -0.15) is 0 Å². The average Bonchev–Trinajstić information content (AvgIpc) is 2.41. The van der Waals surface area contributed by atoms with Crippen molar-refractivity contribution in [3.8, 4) is 0 Å². The minimum Gasteiger partial charge on any atom is -0.207 e. The van der Waals surface area contributed by atoms with E-state index >= 15 is 0 Å². The first kappa shape index (κ1) is 14.0. The highest BCUT2D eigenvalue weighted by molar-refractivity contribution is 6.30. The van der Waals surface area contributed by atoms with E-state index < -0.39 is 11.6 Å². The van der Waals surface area contributed by atoms with Crippen LogP contribution in [0.5, 0.6) is 0 Å². The second kappa shape index (κ2) is 6.18. The molecular weight excluding hydrogens is 289 g/mol. The van der Waals surface area contributed by atoms with Crippen LogP contribution in [0.4, 0.5) is 8.78 Å². The van der Waals surface area contributed by atoms with Gasteiger partial charge in [-0.05, 0) is 47.5 Å². The van der Waals surface area contributed by atoms with Crippen molar-refractivity contribution < 1.29 is 8.78 Å². The molecule has 2 rings (SSSR count). The molecule has 0 aliphatic heterocycles. The van der Waals surface area contributed by atoms with E-state index in [2.05, 4.69) is 0 Å². The Kier molecular flexibility index (Phi) is 4.56. The molecular formula is C15H10Cl2F2. The maximum Gasteiger partial charge on any atom is 0.130 e. The lowest BCUT2D eigenvalue weighted by atomic mass is 10.0. The summed E-state index contributed by atoms with van der Waals surface area (Å²) < 4.78 is 26.9. The first-order valence-electron chi connectivity index (χ1n) is 5.57. The third-order valence-electron chi connectivity index (χ3n) is 2.63. The molecule has 0 heterocycles. The minimum absolute atomic E-state index is 0.0863. The highest BCUT2D eigenvalue weighted by Gasteiger charge is 2.08. The van der Waals surface area contributed by atoms with E-state index in [0.29, 0.717) is 10.6 Å². The zero-order valence-corrected chi connectivity index (χ0v) is 11.3. The molecule has 0 nitrogen and oxygen atoms in total. The summed E-state index contributed by atoms with van der Waals surface area (Å²) in [5.74, 6) is -0.908.